The van der Waals surface area contributed by atoms with Crippen molar-refractivity contribution >= 4 is 30.0 Å². The van der Waals surface area contributed by atoms with E-state index in [2.05, 4.69) is 27.8 Å². The molecule has 0 aliphatic rings. The first-order valence-corrected chi connectivity index (χ1v) is 9.93. The number of imide groups is 1. The van der Waals surface area contributed by atoms with Crippen molar-refractivity contribution in [2.45, 2.75) is 45.7 Å². The van der Waals surface area contributed by atoms with Crippen LogP contribution in [0.1, 0.15) is 33.6 Å². The molecule has 0 bridgehead atoms. The second-order valence-electron chi connectivity index (χ2n) is 6.90. The van der Waals surface area contributed by atoms with E-state index in [0.29, 0.717) is 13.0 Å². The van der Waals surface area contributed by atoms with Crippen LogP contribution in [-0.4, -0.2) is 78.3 Å². The first kappa shape index (κ1) is 27.8. The van der Waals surface area contributed by atoms with E-state index < -0.39 is 17.9 Å². The molecule has 5 N–H and O–H groups in total. The van der Waals surface area contributed by atoms with E-state index in [1.165, 1.54) is 12.2 Å². The largest absolute Gasteiger partial charge is 0.511 e. The molecule has 5 amide bonds. The third-order valence-electron chi connectivity index (χ3n) is 3.99. The molecule has 2 atom stereocenters. The van der Waals surface area contributed by atoms with Crippen molar-refractivity contribution in [3.63, 3.8) is 0 Å². The molecule has 174 valence electrons. The number of aliphatic hydroxyl groups excluding tert-OH is 1. The Kier molecular flexibility index (Phi) is 14.0. The van der Waals surface area contributed by atoms with Gasteiger partial charge in [-0.05, 0) is 33.3 Å². The number of nitrogens with zero attached hydrogens (tertiary/aromatic N) is 1. The minimum Gasteiger partial charge on any atom is -0.511 e. The second kappa shape index (κ2) is 15.6. The number of hydrogen-bond donors (Lipinski definition) is 5. The van der Waals surface area contributed by atoms with Gasteiger partial charge < -0.3 is 26.4 Å². The van der Waals surface area contributed by atoms with E-state index in [0.717, 1.165) is 4.90 Å². The maximum atomic E-state index is 11.9. The molecule has 0 rings (SSSR count). The van der Waals surface area contributed by atoms with Gasteiger partial charge in [0.1, 0.15) is 5.76 Å². The monoisotopic (exact) mass is 439 g/mol. The number of amides is 5. The summed E-state index contributed by atoms with van der Waals surface area (Å²) >= 11 is 0. The average molecular weight is 440 g/mol. The maximum absolute atomic E-state index is 11.9. The molecule has 11 heteroatoms. The Balaban J connectivity index is 4.02. The summed E-state index contributed by atoms with van der Waals surface area (Å²) in [6.45, 7) is 8.54. The van der Waals surface area contributed by atoms with Crippen LogP contribution >= 0.6 is 0 Å². The van der Waals surface area contributed by atoms with Gasteiger partial charge >= 0.3 is 0 Å². The van der Waals surface area contributed by atoms with E-state index in [9.17, 15) is 24.0 Å². The molecule has 0 heterocycles. The lowest BCUT2D eigenvalue weighted by Crippen LogP contribution is -2.47. The summed E-state index contributed by atoms with van der Waals surface area (Å²) in [7, 11) is 0. The van der Waals surface area contributed by atoms with E-state index >= 15 is 0 Å². The lowest BCUT2D eigenvalue weighted by atomic mass is 10.2. The highest BCUT2D eigenvalue weighted by atomic mass is 16.3. The van der Waals surface area contributed by atoms with Crippen LogP contribution in [0.15, 0.2) is 24.5 Å². The summed E-state index contributed by atoms with van der Waals surface area (Å²) in [5, 5.41) is 19.7. The summed E-state index contributed by atoms with van der Waals surface area (Å²) in [4.78, 5) is 58.8. The van der Waals surface area contributed by atoms with E-state index in [1.54, 1.807) is 20.8 Å². The topological polar surface area (TPSA) is 157 Å². The molecule has 31 heavy (non-hydrogen) atoms. The molecule has 0 aliphatic heterocycles. The van der Waals surface area contributed by atoms with Crippen LogP contribution in [0.4, 0.5) is 0 Å². The molecule has 0 aliphatic carbocycles. The highest BCUT2D eigenvalue weighted by Crippen LogP contribution is 1.96. The zero-order valence-corrected chi connectivity index (χ0v) is 18.3. The Morgan fingerprint density at radius 3 is 2.29 bits per heavy atom. The Labute approximate surface area is 182 Å². The number of carbonyl (C=O) groups is 5. The van der Waals surface area contributed by atoms with Crippen LogP contribution in [0.25, 0.3) is 0 Å². The van der Waals surface area contributed by atoms with Gasteiger partial charge in [-0.1, -0.05) is 12.7 Å². The Morgan fingerprint density at radius 2 is 1.71 bits per heavy atom. The summed E-state index contributed by atoms with van der Waals surface area (Å²) in [6, 6.07) is -0.841. The number of carbonyl (C=O) groups excluding carboxylic acids is 5. The van der Waals surface area contributed by atoms with Crippen LogP contribution in [0, 0.1) is 0 Å². The van der Waals surface area contributed by atoms with Crippen molar-refractivity contribution in [3.8, 4) is 0 Å². The average Bonchev–Trinajstić information content (AvgIpc) is 2.69. The number of aliphatic hydroxyl groups is 1. The van der Waals surface area contributed by atoms with Gasteiger partial charge in [-0.25, -0.2) is 0 Å². The molecular weight excluding hydrogens is 406 g/mol. The molecule has 0 fully saturated rings. The summed E-state index contributed by atoms with van der Waals surface area (Å²) in [6.07, 6.45) is 3.53. The number of rotatable bonds is 15. The molecule has 0 aromatic carbocycles. The fourth-order valence-electron chi connectivity index (χ4n) is 2.29. The van der Waals surface area contributed by atoms with Crippen molar-refractivity contribution < 1.29 is 29.1 Å². The molecular formula is C20H33N5O6. The molecule has 2 unspecified atom stereocenters. The second-order valence-corrected chi connectivity index (χ2v) is 6.90. The highest BCUT2D eigenvalue weighted by Gasteiger charge is 2.13. The van der Waals surface area contributed by atoms with Crippen molar-refractivity contribution in [3.05, 3.63) is 24.5 Å². The number of allylic oxidation sites excluding steroid dienone is 1. The van der Waals surface area contributed by atoms with Crippen LogP contribution < -0.4 is 21.3 Å². The quantitative estimate of drug-likeness (QED) is 0.126. The fourth-order valence-corrected chi connectivity index (χ4v) is 2.29. The third kappa shape index (κ3) is 13.6. The van der Waals surface area contributed by atoms with E-state index in [1.807, 2.05) is 0 Å². The van der Waals surface area contributed by atoms with Gasteiger partial charge in [-0.2, -0.15) is 0 Å². The zero-order valence-electron chi connectivity index (χ0n) is 18.3. The minimum absolute atomic E-state index is 0.00290. The molecule has 0 spiro atoms. The summed E-state index contributed by atoms with van der Waals surface area (Å²) in [5.41, 5.74) is 0. The van der Waals surface area contributed by atoms with Crippen molar-refractivity contribution in [2.75, 3.05) is 26.2 Å². The normalized spacial score (nSPS) is 12.5. The first-order valence-electron chi connectivity index (χ1n) is 9.93. The van der Waals surface area contributed by atoms with Crippen molar-refractivity contribution in [2.24, 2.45) is 0 Å². The Bertz CT molecular complexity index is 679. The van der Waals surface area contributed by atoms with Gasteiger partial charge in [0.05, 0.1) is 19.1 Å². The van der Waals surface area contributed by atoms with Crippen LogP contribution in [0.3, 0.4) is 0 Å². The van der Waals surface area contributed by atoms with Gasteiger partial charge in [0.2, 0.25) is 24.1 Å². The summed E-state index contributed by atoms with van der Waals surface area (Å²) in [5.74, 6) is -1.68. The Morgan fingerprint density at radius 1 is 1.06 bits per heavy atom. The maximum Gasteiger partial charge on any atom is 0.252 e. The lowest BCUT2D eigenvalue weighted by molar-refractivity contribution is -0.135. The van der Waals surface area contributed by atoms with Gasteiger partial charge in [0.25, 0.3) is 5.91 Å². The predicted octanol–water partition coefficient (Wildman–Crippen LogP) is -0.885. The van der Waals surface area contributed by atoms with Crippen molar-refractivity contribution in [1.82, 2.24) is 26.2 Å². The number of nitrogens with one attached hydrogen (secondary N) is 4. The minimum atomic E-state index is -0.551. The van der Waals surface area contributed by atoms with Gasteiger partial charge in [-0.15, -0.1) is 0 Å². The summed E-state index contributed by atoms with van der Waals surface area (Å²) < 4.78 is 0. The van der Waals surface area contributed by atoms with Crippen LogP contribution in [0.5, 0.6) is 0 Å². The first-order chi connectivity index (χ1) is 14.6. The lowest BCUT2D eigenvalue weighted by Gasteiger charge is -2.16. The zero-order chi connectivity index (χ0) is 23.8. The van der Waals surface area contributed by atoms with Gasteiger partial charge in [-0.3, -0.25) is 28.9 Å². The molecule has 0 radical (unpaired) electrons. The molecule has 0 saturated heterocycles. The standard InChI is InChI=1S/C20H33N5O6/c1-5-7-20(31)25(13-26)9-6-8-17(28)22-12-19(30)23-14(2)10-21-11-18(29)24-15(3)16(4)27/h5,7,13-15,21,27H,4,6,8-12H2,1-3H3,(H,22,28)(H,23,30)(H,24,29)/b7-5-. The van der Waals surface area contributed by atoms with Crippen molar-refractivity contribution in [1.29, 1.82) is 0 Å². The van der Waals surface area contributed by atoms with Gasteiger partial charge in [0, 0.05) is 25.6 Å². The van der Waals surface area contributed by atoms with E-state index in [-0.39, 0.29) is 56.1 Å². The smallest absolute Gasteiger partial charge is 0.252 e. The van der Waals surface area contributed by atoms with Crippen LogP contribution in [0.2, 0.25) is 0 Å². The SMILES string of the molecule is C=C(O)C(C)NC(=O)CNCC(C)NC(=O)CNC(=O)CCCN(C=O)C(=O)/C=C\C. The van der Waals surface area contributed by atoms with Crippen LogP contribution in [-0.2, 0) is 24.0 Å². The fraction of sp³-hybridized carbons (Fsp3) is 0.550. The molecule has 0 aromatic rings. The van der Waals surface area contributed by atoms with E-state index in [4.69, 9.17) is 5.11 Å². The molecule has 0 aromatic heterocycles. The third-order valence-corrected chi connectivity index (χ3v) is 3.99. The highest BCUT2D eigenvalue weighted by molar-refractivity contribution is 5.94. The molecule has 0 saturated carbocycles. The molecule has 11 nitrogen and oxygen atoms in total. The predicted molar refractivity (Wildman–Crippen MR) is 115 cm³/mol. The van der Waals surface area contributed by atoms with Gasteiger partial charge in [0.15, 0.2) is 0 Å². The number of hydrogen-bond acceptors (Lipinski definition) is 7. The Hall–Kier alpha value is -3.21.